The van der Waals surface area contributed by atoms with Gasteiger partial charge in [-0.25, -0.2) is 0 Å². The minimum absolute atomic E-state index is 1.07. The molecule has 0 unspecified atom stereocenters. The second-order valence-corrected chi connectivity index (χ2v) is 4.61. The summed E-state index contributed by atoms with van der Waals surface area (Å²) in [5.41, 5.74) is 1.41. The van der Waals surface area contributed by atoms with Crippen LogP contribution in [-0.2, 0) is 0 Å². The molecule has 0 saturated heterocycles. The average Bonchev–Trinajstić information content (AvgIpc) is 1.84. The van der Waals surface area contributed by atoms with Crippen molar-refractivity contribution in [3.05, 3.63) is 11.6 Å². The lowest BCUT2D eigenvalue weighted by atomic mass is 10.3. The Kier molecular flexibility index (Phi) is 5.02. The quantitative estimate of drug-likeness (QED) is 0.388. The topological polar surface area (TPSA) is 0 Å². The minimum atomic E-state index is 1.07. The molecule has 0 saturated carbocycles. The number of quaternary nitrogens is 1. The van der Waals surface area contributed by atoms with Crippen LogP contribution in [0, 0.1) is 0 Å². The lowest BCUT2D eigenvalue weighted by Gasteiger charge is -2.27. The Morgan fingerprint density at radius 3 is 2.27 bits per heavy atom. The molecule has 0 rings (SSSR count). The van der Waals surface area contributed by atoms with Crippen LogP contribution in [0.15, 0.2) is 11.6 Å². The van der Waals surface area contributed by atoms with Gasteiger partial charge in [0, 0.05) is 0 Å². The zero-order valence-electron chi connectivity index (χ0n) is 8.02. The van der Waals surface area contributed by atoms with E-state index in [1.165, 1.54) is 12.1 Å². The molecule has 0 amide bonds. The zero-order valence-corrected chi connectivity index (χ0v) is 9.61. The molecule has 0 atom stereocenters. The predicted molar refractivity (Wildman–Crippen MR) is 55.1 cm³/mol. The van der Waals surface area contributed by atoms with E-state index in [1.54, 1.807) is 0 Å². The molecule has 0 aromatic rings. The van der Waals surface area contributed by atoms with Gasteiger partial charge in [0.25, 0.3) is 0 Å². The van der Waals surface area contributed by atoms with E-state index in [9.17, 15) is 0 Å². The molecular weight excluding hydrogens is 202 g/mol. The fourth-order valence-electron chi connectivity index (χ4n) is 0.750. The summed E-state index contributed by atoms with van der Waals surface area (Å²) >= 11 is 3.46. The first kappa shape index (κ1) is 11.2. The van der Waals surface area contributed by atoms with Crippen LogP contribution in [0.1, 0.15) is 13.8 Å². The van der Waals surface area contributed by atoms with Crippen molar-refractivity contribution in [1.82, 2.24) is 0 Å². The minimum Gasteiger partial charge on any atom is -0.325 e. The van der Waals surface area contributed by atoms with Gasteiger partial charge in [-0.1, -0.05) is 21.5 Å². The molecule has 0 heterocycles. The van der Waals surface area contributed by atoms with Crippen LogP contribution in [0.2, 0.25) is 0 Å². The summed E-state index contributed by atoms with van der Waals surface area (Å²) in [7, 11) is 4.50. The summed E-state index contributed by atoms with van der Waals surface area (Å²) in [5, 5.41) is 1.08. The normalized spacial score (nSPS) is 11.4. The molecule has 0 aromatic carbocycles. The maximum atomic E-state index is 3.46. The van der Waals surface area contributed by atoms with Crippen molar-refractivity contribution >= 4 is 15.9 Å². The highest BCUT2D eigenvalue weighted by molar-refractivity contribution is 9.09. The van der Waals surface area contributed by atoms with Crippen molar-refractivity contribution in [3.8, 4) is 0 Å². The third kappa shape index (κ3) is 6.57. The molecule has 0 fully saturated rings. The molecule has 0 aliphatic carbocycles. The molecule has 0 N–H and O–H groups in total. The standard InChI is InChI=1S/C9H19BrN/c1-9(2)5-7-11(3,4)8-6-10/h5H,6-8H2,1-4H3/q+1. The SMILES string of the molecule is CC(C)=CC[N+](C)(C)CCBr. The van der Waals surface area contributed by atoms with E-state index in [1.807, 2.05) is 0 Å². The fourth-order valence-corrected chi connectivity index (χ4v) is 1.71. The van der Waals surface area contributed by atoms with Crippen molar-refractivity contribution in [2.24, 2.45) is 0 Å². The lowest BCUT2D eigenvalue weighted by Crippen LogP contribution is -2.41. The van der Waals surface area contributed by atoms with Crippen molar-refractivity contribution in [1.29, 1.82) is 0 Å². The Hall–Kier alpha value is 0.180. The van der Waals surface area contributed by atoms with E-state index in [-0.39, 0.29) is 0 Å². The number of nitrogens with zero attached hydrogens (tertiary/aromatic N) is 1. The highest BCUT2D eigenvalue weighted by Crippen LogP contribution is 2.00. The molecule has 0 radical (unpaired) electrons. The summed E-state index contributed by atoms with van der Waals surface area (Å²) < 4.78 is 1.07. The molecule has 2 heteroatoms. The van der Waals surface area contributed by atoms with E-state index >= 15 is 0 Å². The Bertz CT molecular complexity index is 134. The Balaban J connectivity index is 3.81. The second kappa shape index (κ2) is 4.94. The van der Waals surface area contributed by atoms with E-state index in [2.05, 4.69) is 49.9 Å². The van der Waals surface area contributed by atoms with E-state index in [0.29, 0.717) is 0 Å². The van der Waals surface area contributed by atoms with Crippen molar-refractivity contribution in [3.63, 3.8) is 0 Å². The highest BCUT2D eigenvalue weighted by Gasteiger charge is 2.10. The highest BCUT2D eigenvalue weighted by atomic mass is 79.9. The molecule has 0 aliphatic rings. The second-order valence-electron chi connectivity index (χ2n) is 3.81. The Morgan fingerprint density at radius 1 is 1.36 bits per heavy atom. The third-order valence-corrected chi connectivity index (χ3v) is 2.04. The fraction of sp³-hybridized carbons (Fsp3) is 0.778. The lowest BCUT2D eigenvalue weighted by molar-refractivity contribution is -0.881. The van der Waals surface area contributed by atoms with Gasteiger partial charge in [0.15, 0.2) is 0 Å². The van der Waals surface area contributed by atoms with Crippen LogP contribution < -0.4 is 0 Å². The van der Waals surface area contributed by atoms with Crippen LogP contribution in [0.4, 0.5) is 0 Å². The summed E-state index contributed by atoms with van der Waals surface area (Å²) in [6.07, 6.45) is 2.29. The number of likely N-dealkylation sites (N-methyl/N-ethyl adjacent to an activating group) is 1. The predicted octanol–water partition coefficient (Wildman–Crippen LogP) is 2.42. The first-order valence-corrected chi connectivity index (χ1v) is 5.11. The number of halogens is 1. The van der Waals surface area contributed by atoms with Crippen molar-refractivity contribution in [2.45, 2.75) is 13.8 Å². The van der Waals surface area contributed by atoms with E-state index in [0.717, 1.165) is 16.4 Å². The third-order valence-electron chi connectivity index (χ3n) is 1.68. The van der Waals surface area contributed by atoms with Gasteiger partial charge in [-0.3, -0.25) is 0 Å². The molecule has 11 heavy (non-hydrogen) atoms. The van der Waals surface area contributed by atoms with Gasteiger partial charge in [-0.05, 0) is 19.9 Å². The maximum absolute atomic E-state index is 3.46. The molecule has 66 valence electrons. The zero-order chi connectivity index (χ0) is 8.91. The first-order chi connectivity index (χ1) is 4.98. The molecule has 0 spiro atoms. The van der Waals surface area contributed by atoms with E-state index < -0.39 is 0 Å². The van der Waals surface area contributed by atoms with Crippen molar-refractivity contribution in [2.75, 3.05) is 32.5 Å². The number of allylic oxidation sites excluding steroid dienone is 1. The summed E-state index contributed by atoms with van der Waals surface area (Å²) in [5.74, 6) is 0. The van der Waals surface area contributed by atoms with Gasteiger partial charge in [0.05, 0.1) is 32.5 Å². The molecular formula is C9H19BrN+. The average molecular weight is 221 g/mol. The number of hydrogen-bond donors (Lipinski definition) is 0. The Labute approximate surface area is 78.8 Å². The monoisotopic (exact) mass is 220 g/mol. The largest absolute Gasteiger partial charge is 0.325 e. The van der Waals surface area contributed by atoms with Gasteiger partial charge < -0.3 is 4.48 Å². The van der Waals surface area contributed by atoms with Crippen LogP contribution in [-0.4, -0.2) is 37.0 Å². The molecule has 1 nitrogen and oxygen atoms in total. The molecule has 0 aromatic heterocycles. The Morgan fingerprint density at radius 2 is 1.91 bits per heavy atom. The smallest absolute Gasteiger partial charge is 0.0972 e. The summed E-state index contributed by atoms with van der Waals surface area (Å²) in [6.45, 7) is 6.61. The van der Waals surface area contributed by atoms with Gasteiger partial charge in [-0.2, -0.15) is 0 Å². The van der Waals surface area contributed by atoms with Gasteiger partial charge in [0.1, 0.15) is 0 Å². The molecule has 0 bridgehead atoms. The summed E-state index contributed by atoms with van der Waals surface area (Å²) in [6, 6.07) is 0. The van der Waals surface area contributed by atoms with Gasteiger partial charge >= 0.3 is 0 Å². The first-order valence-electron chi connectivity index (χ1n) is 3.99. The van der Waals surface area contributed by atoms with Gasteiger partial charge in [-0.15, -0.1) is 0 Å². The van der Waals surface area contributed by atoms with Crippen LogP contribution in [0.3, 0.4) is 0 Å². The number of rotatable bonds is 4. The summed E-state index contributed by atoms with van der Waals surface area (Å²) in [4.78, 5) is 0. The molecule has 0 aliphatic heterocycles. The van der Waals surface area contributed by atoms with E-state index in [4.69, 9.17) is 0 Å². The number of alkyl halides is 1. The van der Waals surface area contributed by atoms with Crippen LogP contribution in [0.25, 0.3) is 0 Å². The van der Waals surface area contributed by atoms with Crippen molar-refractivity contribution < 1.29 is 4.48 Å². The van der Waals surface area contributed by atoms with Crippen LogP contribution >= 0.6 is 15.9 Å². The van der Waals surface area contributed by atoms with Crippen LogP contribution in [0.5, 0.6) is 0 Å². The number of hydrogen-bond acceptors (Lipinski definition) is 0. The van der Waals surface area contributed by atoms with Gasteiger partial charge in [0.2, 0.25) is 0 Å². The maximum Gasteiger partial charge on any atom is 0.0972 e.